The summed E-state index contributed by atoms with van der Waals surface area (Å²) in [5.41, 5.74) is 5.72. The number of rotatable bonds is 5. The van der Waals surface area contributed by atoms with Crippen molar-refractivity contribution in [3.8, 4) is 0 Å². The molecule has 1 amide bonds. The molecule has 0 radical (unpaired) electrons. The molecule has 0 aromatic carbocycles. The predicted molar refractivity (Wildman–Crippen MR) is 73.3 cm³/mol. The molecule has 106 valence electrons. The maximum atomic E-state index is 12.1. The average Bonchev–Trinajstić information content (AvgIpc) is 3.04. The van der Waals surface area contributed by atoms with E-state index in [1.807, 2.05) is 19.1 Å². The third-order valence-corrected chi connectivity index (χ3v) is 3.94. The Morgan fingerprint density at radius 1 is 1.68 bits per heavy atom. The van der Waals surface area contributed by atoms with Crippen molar-refractivity contribution >= 4 is 5.91 Å². The van der Waals surface area contributed by atoms with Gasteiger partial charge in [-0.05, 0) is 44.9 Å². The quantitative estimate of drug-likeness (QED) is 0.831. The molecule has 3 N–H and O–H groups in total. The Bertz CT molecular complexity index is 405. The topological polar surface area (TPSA) is 71.5 Å². The van der Waals surface area contributed by atoms with Gasteiger partial charge in [-0.2, -0.15) is 0 Å². The van der Waals surface area contributed by atoms with E-state index < -0.39 is 0 Å². The van der Waals surface area contributed by atoms with Gasteiger partial charge in [0.2, 0.25) is 5.91 Å². The van der Waals surface area contributed by atoms with Crippen LogP contribution in [0, 0.1) is 5.92 Å². The highest BCUT2D eigenvalue weighted by atomic mass is 16.3. The van der Waals surface area contributed by atoms with E-state index in [-0.39, 0.29) is 11.9 Å². The van der Waals surface area contributed by atoms with Gasteiger partial charge >= 0.3 is 0 Å². The predicted octanol–water partition coefficient (Wildman–Crippen LogP) is 0.953. The SMILES string of the molecule is CC1CC(CN)CN1C(C)C(=O)NCc1ccco1. The van der Waals surface area contributed by atoms with E-state index in [0.29, 0.717) is 25.0 Å². The maximum absolute atomic E-state index is 12.1. The summed E-state index contributed by atoms with van der Waals surface area (Å²) < 4.78 is 5.20. The molecule has 0 aliphatic carbocycles. The van der Waals surface area contributed by atoms with Crippen LogP contribution in [0.1, 0.15) is 26.0 Å². The fraction of sp³-hybridized carbons (Fsp3) is 0.643. The molecule has 19 heavy (non-hydrogen) atoms. The Labute approximate surface area is 114 Å². The molecule has 5 nitrogen and oxygen atoms in total. The van der Waals surface area contributed by atoms with Gasteiger partial charge in [0.05, 0.1) is 18.8 Å². The van der Waals surface area contributed by atoms with Crippen molar-refractivity contribution < 1.29 is 9.21 Å². The maximum Gasteiger partial charge on any atom is 0.237 e. The van der Waals surface area contributed by atoms with Crippen LogP contribution in [-0.2, 0) is 11.3 Å². The molecule has 0 spiro atoms. The first-order valence-electron chi connectivity index (χ1n) is 6.87. The van der Waals surface area contributed by atoms with Crippen LogP contribution in [0.2, 0.25) is 0 Å². The van der Waals surface area contributed by atoms with Gasteiger partial charge in [-0.25, -0.2) is 0 Å². The zero-order chi connectivity index (χ0) is 13.8. The van der Waals surface area contributed by atoms with Crippen molar-refractivity contribution in [3.05, 3.63) is 24.2 Å². The molecule has 5 heteroatoms. The molecule has 0 bridgehead atoms. The van der Waals surface area contributed by atoms with Gasteiger partial charge in [-0.3, -0.25) is 9.69 Å². The van der Waals surface area contributed by atoms with E-state index in [1.165, 1.54) is 0 Å². The van der Waals surface area contributed by atoms with Gasteiger partial charge in [-0.15, -0.1) is 0 Å². The smallest absolute Gasteiger partial charge is 0.237 e. The second kappa shape index (κ2) is 6.21. The second-order valence-electron chi connectivity index (χ2n) is 5.36. The lowest BCUT2D eigenvalue weighted by molar-refractivity contribution is -0.126. The molecule has 1 saturated heterocycles. The molecule has 1 aliphatic rings. The number of nitrogens with one attached hydrogen (secondary N) is 1. The summed E-state index contributed by atoms with van der Waals surface area (Å²) in [6.45, 7) is 6.16. The largest absolute Gasteiger partial charge is 0.467 e. The molecule has 0 saturated carbocycles. The third-order valence-electron chi connectivity index (χ3n) is 3.94. The number of nitrogens with two attached hydrogens (primary N) is 1. The van der Waals surface area contributed by atoms with Crippen LogP contribution < -0.4 is 11.1 Å². The molecule has 1 aromatic rings. The van der Waals surface area contributed by atoms with E-state index in [2.05, 4.69) is 17.1 Å². The van der Waals surface area contributed by atoms with E-state index in [4.69, 9.17) is 10.2 Å². The Morgan fingerprint density at radius 2 is 2.47 bits per heavy atom. The molecule has 1 aromatic heterocycles. The van der Waals surface area contributed by atoms with Crippen LogP contribution in [-0.4, -0.2) is 36.0 Å². The number of furan rings is 1. The molecular formula is C14H23N3O2. The first kappa shape index (κ1) is 14.1. The van der Waals surface area contributed by atoms with Crippen LogP contribution >= 0.6 is 0 Å². The highest BCUT2D eigenvalue weighted by Crippen LogP contribution is 2.24. The minimum absolute atomic E-state index is 0.0425. The lowest BCUT2D eigenvalue weighted by Gasteiger charge is -2.27. The second-order valence-corrected chi connectivity index (χ2v) is 5.36. The zero-order valence-electron chi connectivity index (χ0n) is 11.6. The van der Waals surface area contributed by atoms with Crippen molar-refractivity contribution in [2.75, 3.05) is 13.1 Å². The minimum atomic E-state index is -0.124. The van der Waals surface area contributed by atoms with Gasteiger partial charge in [0.1, 0.15) is 5.76 Å². The summed E-state index contributed by atoms with van der Waals surface area (Å²) >= 11 is 0. The van der Waals surface area contributed by atoms with Gasteiger partial charge in [-0.1, -0.05) is 0 Å². The zero-order valence-corrected chi connectivity index (χ0v) is 11.6. The molecule has 3 unspecified atom stereocenters. The van der Waals surface area contributed by atoms with Crippen molar-refractivity contribution in [2.24, 2.45) is 11.7 Å². The summed E-state index contributed by atoms with van der Waals surface area (Å²) in [6, 6.07) is 3.96. The first-order chi connectivity index (χ1) is 9.11. The standard InChI is InChI=1S/C14H23N3O2/c1-10-6-12(7-15)9-17(10)11(2)14(18)16-8-13-4-3-5-19-13/h3-5,10-12H,6-9,15H2,1-2H3,(H,16,18). The average molecular weight is 265 g/mol. The van der Waals surface area contributed by atoms with Crippen molar-refractivity contribution in [1.29, 1.82) is 0 Å². The first-order valence-corrected chi connectivity index (χ1v) is 6.87. The fourth-order valence-electron chi connectivity index (χ4n) is 2.77. The van der Waals surface area contributed by atoms with E-state index in [9.17, 15) is 4.79 Å². The van der Waals surface area contributed by atoms with Crippen LogP contribution in [0.25, 0.3) is 0 Å². The number of hydrogen-bond acceptors (Lipinski definition) is 4. The van der Waals surface area contributed by atoms with Crippen molar-refractivity contribution in [3.63, 3.8) is 0 Å². The fourth-order valence-corrected chi connectivity index (χ4v) is 2.77. The Morgan fingerprint density at radius 3 is 3.05 bits per heavy atom. The lowest BCUT2D eigenvalue weighted by atomic mass is 10.1. The normalized spacial score (nSPS) is 25.4. The van der Waals surface area contributed by atoms with Gasteiger partial charge in [0.15, 0.2) is 0 Å². The van der Waals surface area contributed by atoms with E-state index in [0.717, 1.165) is 18.7 Å². The number of likely N-dealkylation sites (tertiary alicyclic amines) is 1. The molecular weight excluding hydrogens is 242 g/mol. The van der Waals surface area contributed by atoms with E-state index in [1.54, 1.807) is 6.26 Å². The lowest BCUT2D eigenvalue weighted by Crippen LogP contribution is -2.46. The summed E-state index contributed by atoms with van der Waals surface area (Å²) in [5.74, 6) is 1.33. The van der Waals surface area contributed by atoms with Crippen LogP contribution in [0.4, 0.5) is 0 Å². The van der Waals surface area contributed by atoms with Crippen LogP contribution in [0.15, 0.2) is 22.8 Å². The molecule has 3 atom stereocenters. The third kappa shape index (κ3) is 3.36. The monoisotopic (exact) mass is 265 g/mol. The Balaban J connectivity index is 1.85. The van der Waals surface area contributed by atoms with Crippen molar-refractivity contribution in [2.45, 2.75) is 38.9 Å². The summed E-state index contributed by atoms with van der Waals surface area (Å²) in [6.07, 6.45) is 2.69. The Kier molecular flexibility index (Phi) is 4.61. The number of amides is 1. The Hall–Kier alpha value is -1.33. The highest BCUT2D eigenvalue weighted by molar-refractivity contribution is 5.81. The number of nitrogens with zero attached hydrogens (tertiary/aromatic N) is 1. The molecule has 1 fully saturated rings. The van der Waals surface area contributed by atoms with Crippen LogP contribution in [0.5, 0.6) is 0 Å². The molecule has 2 heterocycles. The minimum Gasteiger partial charge on any atom is -0.467 e. The number of hydrogen-bond donors (Lipinski definition) is 2. The summed E-state index contributed by atoms with van der Waals surface area (Å²) in [7, 11) is 0. The highest BCUT2D eigenvalue weighted by Gasteiger charge is 2.33. The summed E-state index contributed by atoms with van der Waals surface area (Å²) in [4.78, 5) is 14.4. The van der Waals surface area contributed by atoms with Crippen LogP contribution in [0.3, 0.4) is 0 Å². The molecule has 2 rings (SSSR count). The van der Waals surface area contributed by atoms with Crippen molar-refractivity contribution in [1.82, 2.24) is 10.2 Å². The summed E-state index contributed by atoms with van der Waals surface area (Å²) in [5, 5.41) is 2.91. The van der Waals surface area contributed by atoms with Gasteiger partial charge in [0, 0.05) is 12.6 Å². The number of carbonyl (C=O) groups excluding carboxylic acids is 1. The van der Waals surface area contributed by atoms with E-state index >= 15 is 0 Å². The molecule has 1 aliphatic heterocycles. The van der Waals surface area contributed by atoms with Gasteiger partial charge in [0.25, 0.3) is 0 Å². The van der Waals surface area contributed by atoms with Gasteiger partial charge < -0.3 is 15.5 Å². The number of carbonyl (C=O) groups is 1.